The molecule has 0 aromatic heterocycles. The van der Waals surface area contributed by atoms with Crippen molar-refractivity contribution in [1.82, 2.24) is 9.62 Å². The zero-order valence-corrected chi connectivity index (χ0v) is 12.9. The molecule has 2 amide bonds. The normalized spacial score (nSPS) is 18.8. The molecule has 1 atom stereocenters. The van der Waals surface area contributed by atoms with Gasteiger partial charge in [0.2, 0.25) is 15.9 Å². The summed E-state index contributed by atoms with van der Waals surface area (Å²) < 4.78 is 37.0. The molecule has 1 heterocycles. The average molecular weight is 328 g/mol. The number of nitrogens with zero attached hydrogens (tertiary/aromatic N) is 1. The van der Waals surface area contributed by atoms with Crippen LogP contribution in [0.4, 0.5) is 4.39 Å². The summed E-state index contributed by atoms with van der Waals surface area (Å²) in [5.41, 5.74) is 0.338. The lowest BCUT2D eigenvalue weighted by atomic mass is 9.97. The molecular formula is C14H17FN2O4S. The predicted molar refractivity (Wildman–Crippen MR) is 78.0 cm³/mol. The number of sulfonamides is 1. The van der Waals surface area contributed by atoms with Crippen molar-refractivity contribution >= 4 is 21.8 Å². The number of piperidine rings is 1. The van der Waals surface area contributed by atoms with Crippen LogP contribution in [0, 0.1) is 11.7 Å². The van der Waals surface area contributed by atoms with Gasteiger partial charge in [-0.05, 0) is 37.1 Å². The van der Waals surface area contributed by atoms with Crippen LogP contribution in [-0.2, 0) is 14.8 Å². The number of carbonyl (C=O) groups is 2. The van der Waals surface area contributed by atoms with E-state index in [-0.39, 0.29) is 12.5 Å². The van der Waals surface area contributed by atoms with Gasteiger partial charge in [-0.3, -0.25) is 14.3 Å². The molecule has 0 saturated carbocycles. The molecule has 2 rings (SSSR count). The molecule has 1 aromatic rings. The van der Waals surface area contributed by atoms with Crippen LogP contribution >= 0.6 is 0 Å². The third-order valence-corrected chi connectivity index (χ3v) is 4.03. The van der Waals surface area contributed by atoms with Crippen molar-refractivity contribution in [2.75, 3.05) is 19.3 Å². The summed E-state index contributed by atoms with van der Waals surface area (Å²) >= 11 is 0. The van der Waals surface area contributed by atoms with Crippen LogP contribution in [0.3, 0.4) is 0 Å². The smallest absolute Gasteiger partial charge is 0.253 e. The number of rotatable bonds is 3. The summed E-state index contributed by atoms with van der Waals surface area (Å²) in [6.45, 7) is 0.635. The highest BCUT2D eigenvalue weighted by atomic mass is 32.2. The first kappa shape index (κ1) is 16.4. The van der Waals surface area contributed by atoms with E-state index in [0.717, 1.165) is 6.26 Å². The van der Waals surface area contributed by atoms with Crippen molar-refractivity contribution in [2.45, 2.75) is 12.8 Å². The largest absolute Gasteiger partial charge is 0.338 e. The Balaban J connectivity index is 2.05. The second-order valence-electron chi connectivity index (χ2n) is 5.34. The Morgan fingerprint density at radius 3 is 2.50 bits per heavy atom. The van der Waals surface area contributed by atoms with E-state index in [2.05, 4.69) is 0 Å². The minimum atomic E-state index is -3.61. The third kappa shape index (κ3) is 4.27. The monoisotopic (exact) mass is 328 g/mol. The zero-order valence-electron chi connectivity index (χ0n) is 12.1. The highest BCUT2D eigenvalue weighted by molar-refractivity contribution is 7.89. The first-order valence-corrected chi connectivity index (χ1v) is 8.72. The number of benzene rings is 1. The molecule has 0 bridgehead atoms. The lowest BCUT2D eigenvalue weighted by molar-refractivity contribution is -0.124. The SMILES string of the molecule is CS(=O)(=O)NC(=O)C1CCCN(C(=O)c2ccc(F)cc2)C1. The van der Waals surface area contributed by atoms with E-state index in [1.807, 2.05) is 4.72 Å². The number of amides is 2. The maximum atomic E-state index is 12.9. The van der Waals surface area contributed by atoms with Gasteiger partial charge >= 0.3 is 0 Å². The van der Waals surface area contributed by atoms with Gasteiger partial charge < -0.3 is 4.90 Å². The second-order valence-corrected chi connectivity index (χ2v) is 7.08. The lowest BCUT2D eigenvalue weighted by Gasteiger charge is -2.32. The summed E-state index contributed by atoms with van der Waals surface area (Å²) in [7, 11) is -3.61. The quantitative estimate of drug-likeness (QED) is 0.888. The Bertz CT molecular complexity index is 673. The van der Waals surface area contributed by atoms with Crippen LogP contribution < -0.4 is 4.72 Å². The Morgan fingerprint density at radius 1 is 1.27 bits per heavy atom. The molecule has 6 nitrogen and oxygen atoms in total. The molecule has 0 radical (unpaired) electrons. The minimum Gasteiger partial charge on any atom is -0.338 e. The fourth-order valence-corrected chi connectivity index (χ4v) is 2.95. The van der Waals surface area contributed by atoms with Crippen LogP contribution in [0.1, 0.15) is 23.2 Å². The van der Waals surface area contributed by atoms with Crippen LogP contribution in [-0.4, -0.2) is 44.5 Å². The maximum Gasteiger partial charge on any atom is 0.253 e. The first-order valence-electron chi connectivity index (χ1n) is 6.83. The van der Waals surface area contributed by atoms with Crippen molar-refractivity contribution in [3.63, 3.8) is 0 Å². The summed E-state index contributed by atoms with van der Waals surface area (Å²) in [5, 5.41) is 0. The maximum absolute atomic E-state index is 12.9. The van der Waals surface area contributed by atoms with Gasteiger partial charge in [-0.2, -0.15) is 0 Å². The summed E-state index contributed by atoms with van der Waals surface area (Å²) in [6, 6.07) is 5.17. The van der Waals surface area contributed by atoms with Gasteiger partial charge in [0.05, 0.1) is 12.2 Å². The first-order chi connectivity index (χ1) is 10.3. The average Bonchev–Trinajstić information content (AvgIpc) is 2.46. The van der Waals surface area contributed by atoms with E-state index in [0.29, 0.717) is 24.9 Å². The molecule has 120 valence electrons. The van der Waals surface area contributed by atoms with E-state index in [1.54, 1.807) is 0 Å². The van der Waals surface area contributed by atoms with Crippen LogP contribution in [0.5, 0.6) is 0 Å². The van der Waals surface area contributed by atoms with Crippen LogP contribution in [0.15, 0.2) is 24.3 Å². The van der Waals surface area contributed by atoms with E-state index >= 15 is 0 Å². The highest BCUT2D eigenvalue weighted by Crippen LogP contribution is 2.19. The van der Waals surface area contributed by atoms with Crippen LogP contribution in [0.2, 0.25) is 0 Å². The van der Waals surface area contributed by atoms with Gasteiger partial charge in [0.25, 0.3) is 5.91 Å². The molecule has 1 fully saturated rings. The van der Waals surface area contributed by atoms with Crippen molar-refractivity contribution in [1.29, 1.82) is 0 Å². The number of hydrogen-bond donors (Lipinski definition) is 1. The number of nitrogens with one attached hydrogen (secondary N) is 1. The summed E-state index contributed by atoms with van der Waals surface area (Å²) in [5.74, 6) is -1.88. The molecular weight excluding hydrogens is 311 g/mol. The molecule has 1 saturated heterocycles. The van der Waals surface area contributed by atoms with Gasteiger partial charge in [-0.1, -0.05) is 0 Å². The fourth-order valence-electron chi connectivity index (χ4n) is 2.42. The standard InChI is InChI=1S/C14H17FN2O4S/c1-22(20,21)16-13(18)11-3-2-8-17(9-11)14(19)10-4-6-12(15)7-5-10/h4-7,11H,2-3,8-9H2,1H3,(H,16,18). The topological polar surface area (TPSA) is 83.6 Å². The van der Waals surface area contributed by atoms with E-state index < -0.39 is 27.7 Å². The van der Waals surface area contributed by atoms with Crippen molar-refractivity contribution in [3.05, 3.63) is 35.6 Å². The predicted octanol–water partition coefficient (Wildman–Crippen LogP) is 0.754. The molecule has 1 unspecified atom stereocenters. The molecule has 1 aliphatic rings. The molecule has 0 spiro atoms. The molecule has 0 aliphatic carbocycles. The Hall–Kier alpha value is -1.96. The fraction of sp³-hybridized carbons (Fsp3) is 0.429. The molecule has 8 heteroatoms. The number of likely N-dealkylation sites (tertiary alicyclic amines) is 1. The van der Waals surface area contributed by atoms with Crippen molar-refractivity contribution in [3.8, 4) is 0 Å². The number of carbonyl (C=O) groups excluding carboxylic acids is 2. The van der Waals surface area contributed by atoms with E-state index in [9.17, 15) is 22.4 Å². The summed E-state index contributed by atoms with van der Waals surface area (Å²) in [6.07, 6.45) is 2.04. The van der Waals surface area contributed by atoms with E-state index in [4.69, 9.17) is 0 Å². The molecule has 1 aliphatic heterocycles. The minimum absolute atomic E-state index is 0.150. The number of halogens is 1. The Kier molecular flexibility index (Phi) is 4.80. The Morgan fingerprint density at radius 2 is 1.91 bits per heavy atom. The third-order valence-electron chi connectivity index (χ3n) is 3.46. The van der Waals surface area contributed by atoms with Gasteiger partial charge in [-0.15, -0.1) is 0 Å². The zero-order chi connectivity index (χ0) is 16.3. The van der Waals surface area contributed by atoms with Crippen molar-refractivity contribution < 1.29 is 22.4 Å². The van der Waals surface area contributed by atoms with Gasteiger partial charge in [0, 0.05) is 18.7 Å². The van der Waals surface area contributed by atoms with Crippen LogP contribution in [0.25, 0.3) is 0 Å². The second kappa shape index (κ2) is 6.43. The summed E-state index contributed by atoms with van der Waals surface area (Å²) in [4.78, 5) is 25.7. The van der Waals surface area contributed by atoms with Gasteiger partial charge in [0.1, 0.15) is 5.82 Å². The van der Waals surface area contributed by atoms with E-state index in [1.165, 1.54) is 29.2 Å². The van der Waals surface area contributed by atoms with Gasteiger partial charge in [-0.25, -0.2) is 12.8 Å². The number of hydrogen-bond acceptors (Lipinski definition) is 4. The molecule has 1 N–H and O–H groups in total. The van der Waals surface area contributed by atoms with Crippen molar-refractivity contribution in [2.24, 2.45) is 5.92 Å². The van der Waals surface area contributed by atoms with Gasteiger partial charge in [0.15, 0.2) is 0 Å². The molecule has 1 aromatic carbocycles. The molecule has 22 heavy (non-hydrogen) atoms. The lowest BCUT2D eigenvalue weighted by Crippen LogP contribution is -2.46. The highest BCUT2D eigenvalue weighted by Gasteiger charge is 2.30. The Labute approximate surface area is 128 Å².